The summed E-state index contributed by atoms with van der Waals surface area (Å²) in [5.41, 5.74) is 1.36. The molecule has 31 heavy (non-hydrogen) atoms. The molecule has 1 unspecified atom stereocenters. The number of carbonyl (C=O) groups excluding carboxylic acids is 2. The van der Waals surface area contributed by atoms with Crippen LogP contribution >= 0.6 is 0 Å². The molecular weight excluding hydrogens is 396 g/mol. The van der Waals surface area contributed by atoms with E-state index in [0.717, 1.165) is 31.6 Å². The monoisotopic (exact) mass is 424 g/mol. The Hall–Kier alpha value is -3.06. The first kappa shape index (κ1) is 21.2. The van der Waals surface area contributed by atoms with Gasteiger partial charge in [-0.1, -0.05) is 24.3 Å². The van der Waals surface area contributed by atoms with E-state index in [1.54, 1.807) is 11.0 Å². The lowest BCUT2D eigenvalue weighted by Gasteiger charge is -2.29. The molecular formula is C24H28N2O5. The zero-order chi connectivity index (χ0) is 21.5. The summed E-state index contributed by atoms with van der Waals surface area (Å²) >= 11 is 0. The molecule has 1 N–H and O–H groups in total. The number of carbonyl (C=O) groups is 2. The molecule has 0 spiro atoms. The van der Waals surface area contributed by atoms with Crippen molar-refractivity contribution in [3.63, 3.8) is 0 Å². The van der Waals surface area contributed by atoms with Crippen LogP contribution in [0.5, 0.6) is 11.5 Å². The second kappa shape index (κ2) is 10.3. The Morgan fingerprint density at radius 1 is 1.03 bits per heavy atom. The van der Waals surface area contributed by atoms with Crippen molar-refractivity contribution in [1.82, 2.24) is 0 Å². The van der Waals surface area contributed by atoms with Crippen LogP contribution < -0.4 is 19.7 Å². The fraction of sp³-hybridized carbons (Fsp3) is 0.417. The highest BCUT2D eigenvalue weighted by Gasteiger charge is 2.23. The van der Waals surface area contributed by atoms with Gasteiger partial charge in [0.1, 0.15) is 24.7 Å². The maximum Gasteiger partial charge on any atom is 0.227 e. The number of benzene rings is 2. The summed E-state index contributed by atoms with van der Waals surface area (Å²) < 4.78 is 17.2. The van der Waals surface area contributed by atoms with Gasteiger partial charge in [-0.25, -0.2) is 0 Å². The van der Waals surface area contributed by atoms with Gasteiger partial charge in [-0.3, -0.25) is 9.59 Å². The largest absolute Gasteiger partial charge is 0.490 e. The van der Waals surface area contributed by atoms with E-state index in [4.69, 9.17) is 14.2 Å². The van der Waals surface area contributed by atoms with Crippen molar-refractivity contribution in [1.29, 1.82) is 0 Å². The van der Waals surface area contributed by atoms with Crippen LogP contribution in [0.1, 0.15) is 32.1 Å². The Morgan fingerprint density at radius 3 is 2.74 bits per heavy atom. The molecule has 0 aliphatic carbocycles. The zero-order valence-corrected chi connectivity index (χ0v) is 17.5. The van der Waals surface area contributed by atoms with Gasteiger partial charge in [0.05, 0.1) is 24.0 Å². The molecule has 2 amide bonds. The minimum atomic E-state index is -0.222. The maximum atomic E-state index is 12.7. The summed E-state index contributed by atoms with van der Waals surface area (Å²) in [6, 6.07) is 14.8. The Kier molecular flexibility index (Phi) is 7.04. The lowest BCUT2D eigenvalue weighted by atomic mass is 10.1. The predicted molar refractivity (Wildman–Crippen MR) is 118 cm³/mol. The first-order chi connectivity index (χ1) is 15.2. The number of ether oxygens (including phenoxy) is 3. The van der Waals surface area contributed by atoms with E-state index in [1.807, 2.05) is 42.5 Å². The molecule has 7 nitrogen and oxygen atoms in total. The quantitative estimate of drug-likeness (QED) is 0.732. The van der Waals surface area contributed by atoms with E-state index in [9.17, 15) is 9.59 Å². The second-order valence-corrected chi connectivity index (χ2v) is 7.71. The van der Waals surface area contributed by atoms with Crippen LogP contribution in [0.25, 0.3) is 0 Å². The lowest BCUT2D eigenvalue weighted by Crippen LogP contribution is -2.38. The summed E-state index contributed by atoms with van der Waals surface area (Å²) in [5, 5.41) is 2.88. The highest BCUT2D eigenvalue weighted by Crippen LogP contribution is 2.31. The van der Waals surface area contributed by atoms with Crippen LogP contribution in [0.4, 0.5) is 11.4 Å². The number of para-hydroxylation sites is 4. The summed E-state index contributed by atoms with van der Waals surface area (Å²) in [7, 11) is 0. The Morgan fingerprint density at radius 2 is 1.87 bits per heavy atom. The third kappa shape index (κ3) is 5.55. The standard InChI is InChI=1S/C24H28N2O5/c27-23(12-13-24(28)26-14-16-30-22-11-4-2-9-20(22)26)25-19-8-1-3-10-21(19)31-17-18-7-5-6-15-29-18/h1-4,8-11,18H,5-7,12-17H2,(H,25,27). The normalized spacial score (nSPS) is 17.9. The molecule has 2 aromatic carbocycles. The molecule has 0 aromatic heterocycles. The van der Waals surface area contributed by atoms with E-state index in [2.05, 4.69) is 5.32 Å². The Labute approximate surface area is 182 Å². The van der Waals surface area contributed by atoms with Crippen molar-refractivity contribution in [3.05, 3.63) is 48.5 Å². The number of nitrogens with one attached hydrogen (secondary N) is 1. The van der Waals surface area contributed by atoms with Crippen molar-refractivity contribution in [3.8, 4) is 11.5 Å². The van der Waals surface area contributed by atoms with Crippen LogP contribution in [0.2, 0.25) is 0 Å². The van der Waals surface area contributed by atoms with Gasteiger partial charge in [-0.05, 0) is 43.5 Å². The van der Waals surface area contributed by atoms with Gasteiger partial charge in [0.25, 0.3) is 0 Å². The SMILES string of the molecule is O=C(CCC(=O)N1CCOc2ccccc21)Nc1ccccc1OCC1CCCCO1. The number of nitrogens with zero attached hydrogens (tertiary/aromatic N) is 1. The van der Waals surface area contributed by atoms with E-state index in [1.165, 1.54) is 0 Å². The average Bonchev–Trinajstić information content (AvgIpc) is 2.82. The van der Waals surface area contributed by atoms with Gasteiger partial charge in [-0.2, -0.15) is 0 Å². The van der Waals surface area contributed by atoms with Crippen LogP contribution in [-0.2, 0) is 14.3 Å². The molecule has 2 heterocycles. The molecule has 4 rings (SSSR count). The van der Waals surface area contributed by atoms with Crippen molar-refractivity contribution < 1.29 is 23.8 Å². The molecule has 1 atom stereocenters. The summed E-state index contributed by atoms with van der Waals surface area (Å²) in [6.45, 7) is 2.16. The van der Waals surface area contributed by atoms with Gasteiger partial charge < -0.3 is 24.4 Å². The highest BCUT2D eigenvalue weighted by molar-refractivity contribution is 5.99. The van der Waals surface area contributed by atoms with Crippen molar-refractivity contribution in [2.24, 2.45) is 0 Å². The molecule has 164 valence electrons. The van der Waals surface area contributed by atoms with Gasteiger partial charge >= 0.3 is 0 Å². The fourth-order valence-electron chi connectivity index (χ4n) is 3.81. The molecule has 2 aliphatic rings. The minimum absolute atomic E-state index is 0.0894. The fourth-order valence-corrected chi connectivity index (χ4v) is 3.81. The van der Waals surface area contributed by atoms with Gasteiger partial charge in [0, 0.05) is 19.4 Å². The van der Waals surface area contributed by atoms with Crippen LogP contribution in [0, 0.1) is 0 Å². The highest BCUT2D eigenvalue weighted by atomic mass is 16.5. The molecule has 2 aliphatic heterocycles. The smallest absolute Gasteiger partial charge is 0.227 e. The third-order valence-electron chi connectivity index (χ3n) is 5.46. The first-order valence-electron chi connectivity index (χ1n) is 10.9. The molecule has 1 fully saturated rings. The molecule has 2 aromatic rings. The van der Waals surface area contributed by atoms with Crippen molar-refractivity contribution >= 4 is 23.2 Å². The number of hydrogen-bond donors (Lipinski definition) is 1. The second-order valence-electron chi connectivity index (χ2n) is 7.71. The third-order valence-corrected chi connectivity index (χ3v) is 5.46. The lowest BCUT2D eigenvalue weighted by molar-refractivity contribution is -0.122. The molecule has 0 bridgehead atoms. The van der Waals surface area contributed by atoms with Gasteiger partial charge in [0.2, 0.25) is 11.8 Å². The molecule has 0 saturated carbocycles. The molecule has 7 heteroatoms. The van der Waals surface area contributed by atoms with E-state index in [-0.39, 0.29) is 30.8 Å². The first-order valence-corrected chi connectivity index (χ1v) is 10.9. The van der Waals surface area contributed by atoms with Crippen molar-refractivity contribution in [2.45, 2.75) is 38.2 Å². The summed E-state index contributed by atoms with van der Waals surface area (Å²) in [4.78, 5) is 26.9. The van der Waals surface area contributed by atoms with E-state index >= 15 is 0 Å². The maximum absolute atomic E-state index is 12.7. The van der Waals surface area contributed by atoms with Crippen LogP contribution in [0.3, 0.4) is 0 Å². The zero-order valence-electron chi connectivity index (χ0n) is 17.5. The number of rotatable bonds is 7. The minimum Gasteiger partial charge on any atom is -0.490 e. The van der Waals surface area contributed by atoms with E-state index < -0.39 is 0 Å². The van der Waals surface area contributed by atoms with Gasteiger partial charge in [0.15, 0.2) is 0 Å². The van der Waals surface area contributed by atoms with E-state index in [0.29, 0.717) is 36.9 Å². The van der Waals surface area contributed by atoms with Crippen LogP contribution in [-0.4, -0.2) is 44.3 Å². The number of fused-ring (bicyclic) bond motifs is 1. The number of amides is 2. The Balaban J connectivity index is 1.30. The topological polar surface area (TPSA) is 77.1 Å². The molecule has 0 radical (unpaired) electrons. The predicted octanol–water partition coefficient (Wildman–Crippen LogP) is 3.78. The van der Waals surface area contributed by atoms with Gasteiger partial charge in [-0.15, -0.1) is 0 Å². The van der Waals surface area contributed by atoms with Crippen LogP contribution in [0.15, 0.2) is 48.5 Å². The average molecular weight is 424 g/mol. The number of anilines is 2. The Bertz CT molecular complexity index is 910. The number of hydrogen-bond acceptors (Lipinski definition) is 5. The van der Waals surface area contributed by atoms with Crippen molar-refractivity contribution in [2.75, 3.05) is 36.6 Å². The summed E-state index contributed by atoms with van der Waals surface area (Å²) in [5.74, 6) is 0.989. The summed E-state index contributed by atoms with van der Waals surface area (Å²) in [6.07, 6.45) is 3.54. The molecule has 1 saturated heterocycles.